The van der Waals surface area contributed by atoms with E-state index in [1.165, 1.54) is 0 Å². The van der Waals surface area contributed by atoms with Gasteiger partial charge in [-0.2, -0.15) is 5.10 Å². The summed E-state index contributed by atoms with van der Waals surface area (Å²) in [5, 5.41) is 9.90. The highest BCUT2D eigenvalue weighted by Crippen LogP contribution is 2.27. The lowest BCUT2D eigenvalue weighted by molar-refractivity contribution is 0.0912. The van der Waals surface area contributed by atoms with Gasteiger partial charge in [-0.15, -0.1) is 0 Å². The molecule has 5 nitrogen and oxygen atoms in total. The maximum absolute atomic E-state index is 11.9. The lowest BCUT2D eigenvalue weighted by Crippen LogP contribution is -2.31. The summed E-state index contributed by atoms with van der Waals surface area (Å²) < 4.78 is 5.62. The van der Waals surface area contributed by atoms with Gasteiger partial charge < -0.3 is 9.73 Å². The fraction of sp³-hybridized carbons (Fsp3) is 0.429. The summed E-state index contributed by atoms with van der Waals surface area (Å²) in [4.78, 5) is 11.9. The number of carbonyl (C=O) groups is 1. The van der Waals surface area contributed by atoms with Crippen molar-refractivity contribution in [2.45, 2.75) is 40.2 Å². The SMILES string of the molecule is CCC(C)NC(=O)c1ccc(-c2c(C)n[nH]c2C)o1. The molecule has 0 spiro atoms. The fourth-order valence-electron chi connectivity index (χ4n) is 1.91. The number of H-pyrrole nitrogens is 1. The third-order valence-electron chi connectivity index (χ3n) is 3.19. The van der Waals surface area contributed by atoms with E-state index in [0.717, 1.165) is 23.4 Å². The molecule has 0 aromatic carbocycles. The summed E-state index contributed by atoms with van der Waals surface area (Å²) in [6.07, 6.45) is 0.888. The second-order valence-electron chi connectivity index (χ2n) is 4.76. The molecule has 0 fully saturated rings. The van der Waals surface area contributed by atoms with Crippen LogP contribution in [0.2, 0.25) is 0 Å². The molecule has 2 aromatic rings. The Kier molecular flexibility index (Phi) is 3.74. The Hall–Kier alpha value is -2.04. The Morgan fingerprint density at radius 3 is 2.79 bits per heavy atom. The van der Waals surface area contributed by atoms with Crippen molar-refractivity contribution in [2.75, 3.05) is 0 Å². The topological polar surface area (TPSA) is 70.9 Å². The van der Waals surface area contributed by atoms with E-state index in [2.05, 4.69) is 15.5 Å². The summed E-state index contributed by atoms with van der Waals surface area (Å²) in [5.41, 5.74) is 2.71. The average Bonchev–Trinajstić information content (AvgIpc) is 2.96. The quantitative estimate of drug-likeness (QED) is 0.889. The number of hydrogen-bond donors (Lipinski definition) is 2. The van der Waals surface area contributed by atoms with E-state index in [0.29, 0.717) is 11.5 Å². The number of furan rings is 1. The molecule has 0 aliphatic rings. The van der Waals surface area contributed by atoms with Gasteiger partial charge in [0.25, 0.3) is 5.91 Å². The van der Waals surface area contributed by atoms with Crippen LogP contribution in [0.4, 0.5) is 0 Å². The molecule has 19 heavy (non-hydrogen) atoms. The van der Waals surface area contributed by atoms with E-state index in [1.807, 2.05) is 27.7 Å². The molecular formula is C14H19N3O2. The Morgan fingerprint density at radius 1 is 1.47 bits per heavy atom. The van der Waals surface area contributed by atoms with E-state index in [4.69, 9.17) is 4.42 Å². The predicted octanol–water partition coefficient (Wildman–Crippen LogP) is 2.81. The van der Waals surface area contributed by atoms with Gasteiger partial charge in [-0.05, 0) is 39.3 Å². The predicted molar refractivity (Wildman–Crippen MR) is 73.0 cm³/mol. The van der Waals surface area contributed by atoms with Crippen LogP contribution < -0.4 is 5.32 Å². The number of hydrogen-bond acceptors (Lipinski definition) is 3. The Labute approximate surface area is 112 Å². The minimum Gasteiger partial charge on any atom is -0.451 e. The number of aryl methyl sites for hydroxylation is 2. The van der Waals surface area contributed by atoms with Crippen molar-refractivity contribution in [2.24, 2.45) is 0 Å². The summed E-state index contributed by atoms with van der Waals surface area (Å²) >= 11 is 0. The molecule has 0 aliphatic carbocycles. The number of aromatic amines is 1. The Balaban J connectivity index is 2.22. The Morgan fingerprint density at radius 2 is 2.21 bits per heavy atom. The highest BCUT2D eigenvalue weighted by atomic mass is 16.4. The zero-order valence-corrected chi connectivity index (χ0v) is 11.7. The van der Waals surface area contributed by atoms with E-state index >= 15 is 0 Å². The van der Waals surface area contributed by atoms with Crippen molar-refractivity contribution in [1.82, 2.24) is 15.5 Å². The Bertz CT molecular complexity index is 564. The van der Waals surface area contributed by atoms with Gasteiger partial charge in [0.05, 0.1) is 11.3 Å². The number of aromatic nitrogens is 2. The van der Waals surface area contributed by atoms with Gasteiger partial charge in [0, 0.05) is 11.7 Å². The lowest BCUT2D eigenvalue weighted by atomic mass is 10.1. The number of rotatable bonds is 4. The molecule has 2 N–H and O–H groups in total. The number of carbonyl (C=O) groups excluding carboxylic acids is 1. The minimum absolute atomic E-state index is 0.137. The molecule has 2 rings (SSSR count). The van der Waals surface area contributed by atoms with Crippen molar-refractivity contribution in [1.29, 1.82) is 0 Å². The molecular weight excluding hydrogens is 242 g/mol. The maximum Gasteiger partial charge on any atom is 0.287 e. The number of nitrogens with zero attached hydrogens (tertiary/aromatic N) is 1. The van der Waals surface area contributed by atoms with Crippen LogP contribution in [-0.2, 0) is 0 Å². The molecule has 2 aromatic heterocycles. The summed E-state index contributed by atoms with van der Waals surface area (Å²) in [6.45, 7) is 7.82. The fourth-order valence-corrected chi connectivity index (χ4v) is 1.91. The zero-order valence-electron chi connectivity index (χ0n) is 11.7. The van der Waals surface area contributed by atoms with Crippen LogP contribution in [0.3, 0.4) is 0 Å². The molecule has 1 unspecified atom stereocenters. The summed E-state index contributed by atoms with van der Waals surface area (Å²) in [5.74, 6) is 0.813. The first-order chi connectivity index (χ1) is 9.02. The van der Waals surface area contributed by atoms with Gasteiger partial charge >= 0.3 is 0 Å². The van der Waals surface area contributed by atoms with Gasteiger partial charge in [-0.25, -0.2) is 0 Å². The number of amides is 1. The molecule has 0 bridgehead atoms. The summed E-state index contributed by atoms with van der Waals surface area (Å²) in [6, 6.07) is 3.63. The smallest absolute Gasteiger partial charge is 0.287 e. The van der Waals surface area contributed by atoms with Crippen molar-refractivity contribution in [3.05, 3.63) is 29.3 Å². The van der Waals surface area contributed by atoms with Gasteiger partial charge in [0.1, 0.15) is 5.76 Å². The van der Waals surface area contributed by atoms with E-state index in [-0.39, 0.29) is 11.9 Å². The number of nitrogens with one attached hydrogen (secondary N) is 2. The molecule has 0 aliphatic heterocycles. The van der Waals surface area contributed by atoms with E-state index < -0.39 is 0 Å². The van der Waals surface area contributed by atoms with Crippen LogP contribution in [-0.4, -0.2) is 22.1 Å². The lowest BCUT2D eigenvalue weighted by Gasteiger charge is -2.09. The van der Waals surface area contributed by atoms with Crippen LogP contribution in [0, 0.1) is 13.8 Å². The van der Waals surface area contributed by atoms with Crippen molar-refractivity contribution >= 4 is 5.91 Å². The van der Waals surface area contributed by atoms with Gasteiger partial charge in [0.2, 0.25) is 0 Å². The third-order valence-corrected chi connectivity index (χ3v) is 3.19. The standard InChI is InChI=1S/C14H19N3O2/c1-5-8(2)15-14(18)12-7-6-11(19-12)13-9(3)16-17-10(13)4/h6-8H,5H2,1-4H3,(H,15,18)(H,16,17). The second-order valence-corrected chi connectivity index (χ2v) is 4.76. The summed E-state index contributed by atoms with van der Waals surface area (Å²) in [7, 11) is 0. The van der Waals surface area contributed by atoms with Crippen molar-refractivity contribution in [3.63, 3.8) is 0 Å². The molecule has 0 saturated carbocycles. The molecule has 5 heteroatoms. The highest BCUT2D eigenvalue weighted by molar-refractivity contribution is 5.92. The average molecular weight is 261 g/mol. The van der Waals surface area contributed by atoms with Gasteiger partial charge in [-0.1, -0.05) is 6.92 Å². The largest absolute Gasteiger partial charge is 0.451 e. The molecule has 102 valence electrons. The van der Waals surface area contributed by atoms with Crippen LogP contribution in [0.5, 0.6) is 0 Å². The van der Waals surface area contributed by atoms with Gasteiger partial charge in [0.15, 0.2) is 5.76 Å². The van der Waals surface area contributed by atoms with Crippen LogP contribution in [0.1, 0.15) is 42.2 Å². The molecule has 1 amide bonds. The van der Waals surface area contributed by atoms with Crippen molar-refractivity contribution < 1.29 is 9.21 Å². The monoisotopic (exact) mass is 261 g/mol. The van der Waals surface area contributed by atoms with Crippen molar-refractivity contribution in [3.8, 4) is 11.3 Å². The first-order valence-corrected chi connectivity index (χ1v) is 6.45. The third kappa shape index (κ3) is 2.70. The first-order valence-electron chi connectivity index (χ1n) is 6.45. The first kappa shape index (κ1) is 13.4. The highest BCUT2D eigenvalue weighted by Gasteiger charge is 2.17. The van der Waals surface area contributed by atoms with Gasteiger partial charge in [-0.3, -0.25) is 9.89 Å². The molecule has 1 atom stereocenters. The van der Waals surface area contributed by atoms with Crippen LogP contribution in [0.25, 0.3) is 11.3 Å². The maximum atomic E-state index is 11.9. The molecule has 2 heterocycles. The molecule has 0 saturated heterocycles. The van der Waals surface area contributed by atoms with Crippen LogP contribution >= 0.6 is 0 Å². The van der Waals surface area contributed by atoms with E-state index in [9.17, 15) is 4.79 Å². The normalized spacial score (nSPS) is 12.4. The van der Waals surface area contributed by atoms with E-state index in [1.54, 1.807) is 12.1 Å². The second kappa shape index (κ2) is 5.30. The molecule has 0 radical (unpaired) electrons. The minimum atomic E-state index is -0.181. The zero-order chi connectivity index (χ0) is 14.0. The van der Waals surface area contributed by atoms with Crippen LogP contribution in [0.15, 0.2) is 16.5 Å².